The number of aliphatic hydroxyl groups excluding tert-OH is 1. The van der Waals surface area contributed by atoms with Crippen LogP contribution in [0.4, 0.5) is 0 Å². The number of allylic oxidation sites excluding steroid dienone is 3. The molecule has 0 aromatic carbocycles. The first kappa shape index (κ1) is 51.0. The minimum atomic E-state index is -4.58. The maximum Gasteiger partial charge on any atom is 0.268 e. The van der Waals surface area contributed by atoms with Crippen LogP contribution in [0.1, 0.15) is 194 Å². The van der Waals surface area contributed by atoms with Gasteiger partial charge in [0.15, 0.2) is 0 Å². The molecular formula is C43H85N2O6P. The summed E-state index contributed by atoms with van der Waals surface area (Å²) in [5.41, 5.74) is 0. The Labute approximate surface area is 322 Å². The highest BCUT2D eigenvalue weighted by Crippen LogP contribution is 2.38. The van der Waals surface area contributed by atoms with Gasteiger partial charge in [-0.15, -0.1) is 0 Å². The van der Waals surface area contributed by atoms with Crippen LogP contribution in [0.15, 0.2) is 24.3 Å². The number of carbonyl (C=O) groups is 1. The van der Waals surface area contributed by atoms with Crippen molar-refractivity contribution in [3.63, 3.8) is 0 Å². The van der Waals surface area contributed by atoms with E-state index in [1.165, 1.54) is 122 Å². The van der Waals surface area contributed by atoms with Crippen molar-refractivity contribution in [2.45, 2.75) is 206 Å². The number of carbonyl (C=O) groups excluding carboxylic acids is 1. The predicted octanol–water partition coefficient (Wildman–Crippen LogP) is 11.1. The van der Waals surface area contributed by atoms with Gasteiger partial charge in [0.25, 0.3) is 7.82 Å². The Morgan fingerprint density at radius 1 is 0.654 bits per heavy atom. The summed E-state index contributed by atoms with van der Waals surface area (Å²) in [4.78, 5) is 25.2. The van der Waals surface area contributed by atoms with Crippen LogP contribution in [0, 0.1) is 0 Å². The molecule has 0 saturated carbocycles. The summed E-state index contributed by atoms with van der Waals surface area (Å²) in [6.45, 7) is 4.63. The molecule has 3 atom stereocenters. The van der Waals surface area contributed by atoms with Gasteiger partial charge in [-0.1, -0.05) is 167 Å². The first-order chi connectivity index (χ1) is 25.0. The van der Waals surface area contributed by atoms with Gasteiger partial charge in [-0.25, -0.2) is 0 Å². The van der Waals surface area contributed by atoms with Gasteiger partial charge >= 0.3 is 0 Å². The maximum absolute atomic E-state index is 12.8. The van der Waals surface area contributed by atoms with Crippen LogP contribution < -0.4 is 10.2 Å². The van der Waals surface area contributed by atoms with Crippen LogP contribution >= 0.6 is 7.82 Å². The molecule has 0 radical (unpaired) electrons. The fourth-order valence-electron chi connectivity index (χ4n) is 6.15. The zero-order valence-corrected chi connectivity index (χ0v) is 35.7. The second-order valence-corrected chi connectivity index (χ2v) is 17.5. The first-order valence-electron chi connectivity index (χ1n) is 21.7. The van der Waals surface area contributed by atoms with Crippen LogP contribution in [0.25, 0.3) is 0 Å². The van der Waals surface area contributed by atoms with Crippen molar-refractivity contribution >= 4 is 13.7 Å². The fourth-order valence-corrected chi connectivity index (χ4v) is 6.87. The lowest BCUT2D eigenvalue weighted by Gasteiger charge is -2.29. The SMILES string of the molecule is CCCCCCC/C=C\CCCCCCCC(=O)NC(COP(=O)([O-])OCC[N+](C)(C)C)C(O)/C=C/CCCCCCCCCCCCCCCC. The number of nitrogens with zero attached hydrogens (tertiary/aromatic N) is 1. The van der Waals surface area contributed by atoms with Crippen molar-refractivity contribution < 1.29 is 32.9 Å². The van der Waals surface area contributed by atoms with Gasteiger partial charge in [0, 0.05) is 6.42 Å². The van der Waals surface area contributed by atoms with Gasteiger partial charge in [0.1, 0.15) is 13.2 Å². The van der Waals surface area contributed by atoms with Gasteiger partial charge in [0.2, 0.25) is 5.91 Å². The molecule has 0 aromatic heterocycles. The molecule has 9 heteroatoms. The van der Waals surface area contributed by atoms with Gasteiger partial charge in [-0.3, -0.25) is 9.36 Å². The molecule has 3 unspecified atom stereocenters. The summed E-state index contributed by atoms with van der Waals surface area (Å²) < 4.78 is 23.2. The molecule has 52 heavy (non-hydrogen) atoms. The van der Waals surface area contributed by atoms with Crippen molar-refractivity contribution in [3.05, 3.63) is 24.3 Å². The number of amides is 1. The minimum absolute atomic E-state index is 0.00162. The van der Waals surface area contributed by atoms with Gasteiger partial charge < -0.3 is 28.8 Å². The van der Waals surface area contributed by atoms with Crippen LogP contribution in [-0.4, -0.2) is 68.5 Å². The highest BCUT2D eigenvalue weighted by Gasteiger charge is 2.23. The fraction of sp³-hybridized carbons (Fsp3) is 0.884. The number of quaternary nitrogens is 1. The standard InChI is InChI=1S/C43H85N2O6P/c1-6-8-10-12-14-16-18-20-22-23-24-26-28-30-32-34-36-42(46)41(40-51-52(48,49)50-39-38-45(3,4)5)44-43(47)37-35-33-31-29-27-25-21-19-17-15-13-11-9-7-2/h19,21,34,36,41-42,46H,6-18,20,22-33,35,37-40H2,1-5H3,(H-,44,47,48,49)/b21-19-,36-34+. The van der Waals surface area contributed by atoms with Crippen molar-refractivity contribution in [1.29, 1.82) is 0 Å². The van der Waals surface area contributed by atoms with E-state index in [9.17, 15) is 19.4 Å². The second kappa shape index (κ2) is 35.7. The molecule has 0 fully saturated rings. The molecule has 308 valence electrons. The molecule has 1 amide bonds. The van der Waals surface area contributed by atoms with E-state index in [0.717, 1.165) is 51.4 Å². The summed E-state index contributed by atoms with van der Waals surface area (Å²) in [7, 11) is 1.26. The minimum Gasteiger partial charge on any atom is -0.756 e. The van der Waals surface area contributed by atoms with Gasteiger partial charge in [0.05, 0.1) is 39.9 Å². The largest absolute Gasteiger partial charge is 0.756 e. The van der Waals surface area contributed by atoms with E-state index in [1.807, 2.05) is 27.2 Å². The van der Waals surface area contributed by atoms with Crippen LogP contribution in [-0.2, 0) is 18.4 Å². The number of hydrogen-bond donors (Lipinski definition) is 2. The molecule has 0 aliphatic rings. The monoisotopic (exact) mass is 757 g/mol. The van der Waals surface area contributed by atoms with Crippen molar-refractivity contribution in [1.82, 2.24) is 5.32 Å². The van der Waals surface area contributed by atoms with Crippen molar-refractivity contribution in [3.8, 4) is 0 Å². The number of unbranched alkanes of at least 4 members (excludes halogenated alkanes) is 24. The number of likely N-dealkylation sites (N-methyl/N-ethyl adjacent to an activating group) is 1. The van der Waals surface area contributed by atoms with Crippen LogP contribution in [0.5, 0.6) is 0 Å². The molecule has 0 aliphatic heterocycles. The molecule has 0 saturated heterocycles. The molecule has 0 bridgehead atoms. The average molecular weight is 757 g/mol. The third kappa shape index (κ3) is 37.3. The normalized spacial score (nSPS) is 14.7. The second-order valence-electron chi connectivity index (χ2n) is 16.0. The summed E-state index contributed by atoms with van der Waals surface area (Å²) >= 11 is 0. The molecule has 0 heterocycles. The number of phosphoric acid groups is 1. The Hall–Kier alpha value is -1.02. The van der Waals surface area contributed by atoms with E-state index in [4.69, 9.17) is 9.05 Å². The van der Waals surface area contributed by atoms with E-state index >= 15 is 0 Å². The molecule has 8 nitrogen and oxygen atoms in total. The highest BCUT2D eigenvalue weighted by molar-refractivity contribution is 7.45. The van der Waals surface area contributed by atoms with Crippen LogP contribution in [0.3, 0.4) is 0 Å². The predicted molar refractivity (Wildman–Crippen MR) is 219 cm³/mol. The molecular weight excluding hydrogens is 671 g/mol. The molecule has 0 aromatic rings. The Bertz CT molecular complexity index is 907. The topological polar surface area (TPSA) is 108 Å². The third-order valence-corrected chi connectivity index (χ3v) is 10.6. The Morgan fingerprint density at radius 3 is 1.50 bits per heavy atom. The van der Waals surface area contributed by atoms with Crippen molar-refractivity contribution in [2.24, 2.45) is 0 Å². The molecule has 0 aliphatic carbocycles. The third-order valence-electron chi connectivity index (χ3n) is 9.66. The summed E-state index contributed by atoms with van der Waals surface area (Å²) in [6, 6.07) is -0.886. The zero-order valence-electron chi connectivity index (χ0n) is 34.8. The van der Waals surface area contributed by atoms with E-state index in [-0.39, 0.29) is 19.1 Å². The lowest BCUT2D eigenvalue weighted by atomic mass is 10.0. The number of nitrogens with one attached hydrogen (secondary N) is 1. The highest BCUT2D eigenvalue weighted by atomic mass is 31.2. The zero-order chi connectivity index (χ0) is 38.6. The van der Waals surface area contributed by atoms with Gasteiger partial charge in [-0.2, -0.15) is 0 Å². The lowest BCUT2D eigenvalue weighted by Crippen LogP contribution is -2.45. The van der Waals surface area contributed by atoms with E-state index < -0.39 is 20.0 Å². The summed E-state index contributed by atoms with van der Waals surface area (Å²) in [6.07, 6.45) is 40.7. The Balaban J connectivity index is 4.46. The Morgan fingerprint density at radius 2 is 1.06 bits per heavy atom. The number of rotatable bonds is 39. The molecule has 2 N–H and O–H groups in total. The van der Waals surface area contributed by atoms with Gasteiger partial charge in [-0.05, 0) is 44.9 Å². The lowest BCUT2D eigenvalue weighted by molar-refractivity contribution is -0.870. The summed E-state index contributed by atoms with van der Waals surface area (Å²) in [5, 5.41) is 13.8. The number of phosphoric ester groups is 1. The van der Waals surface area contributed by atoms with E-state index in [0.29, 0.717) is 17.4 Å². The van der Waals surface area contributed by atoms with E-state index in [2.05, 4.69) is 31.3 Å². The quantitative estimate of drug-likeness (QED) is 0.0280. The average Bonchev–Trinajstić information content (AvgIpc) is 3.09. The van der Waals surface area contributed by atoms with E-state index in [1.54, 1.807) is 6.08 Å². The molecule has 0 spiro atoms. The molecule has 0 rings (SSSR count). The van der Waals surface area contributed by atoms with Crippen LogP contribution in [0.2, 0.25) is 0 Å². The smallest absolute Gasteiger partial charge is 0.268 e. The van der Waals surface area contributed by atoms with Crippen molar-refractivity contribution in [2.75, 3.05) is 40.9 Å². The Kier molecular flexibility index (Phi) is 35.0. The number of aliphatic hydroxyl groups is 1. The summed E-state index contributed by atoms with van der Waals surface area (Å²) in [5.74, 6) is -0.207. The first-order valence-corrected chi connectivity index (χ1v) is 23.2. The maximum atomic E-state index is 12.8. The number of hydrogen-bond acceptors (Lipinski definition) is 6.